The average Bonchev–Trinajstić information content (AvgIpc) is 2.65. The summed E-state index contributed by atoms with van der Waals surface area (Å²) in [6, 6.07) is 0. The Hall–Kier alpha value is -1.97. The molecule has 1 saturated heterocycles. The van der Waals surface area contributed by atoms with E-state index in [1.165, 1.54) is 0 Å². The van der Waals surface area contributed by atoms with Crippen LogP contribution in [0.25, 0.3) is 0 Å². The standard InChI is InChI=1S/C17H20F5N3OS/c1-2-3-4-5-10(26)23-17(27)25-8-6-24(7-9-25)16-14(21)12(19)11(18)13(20)15(16)22/h2-9H2,1H3,(H,23,26,27). The molecule has 1 heterocycles. The normalized spacial score (nSPS) is 14.4. The summed E-state index contributed by atoms with van der Waals surface area (Å²) in [6.45, 7) is 2.35. The molecule has 1 amide bonds. The van der Waals surface area contributed by atoms with E-state index in [0.717, 1.165) is 24.2 Å². The fourth-order valence-electron chi connectivity index (χ4n) is 2.80. The van der Waals surface area contributed by atoms with Crippen molar-refractivity contribution < 1.29 is 26.7 Å². The highest BCUT2D eigenvalue weighted by molar-refractivity contribution is 7.80. The predicted octanol–water partition coefficient (Wildman–Crippen LogP) is 3.49. The molecule has 0 saturated carbocycles. The maximum Gasteiger partial charge on any atom is 0.226 e. The molecule has 0 aromatic heterocycles. The van der Waals surface area contributed by atoms with Crippen LogP contribution in [0.2, 0.25) is 0 Å². The molecule has 1 N–H and O–H groups in total. The van der Waals surface area contributed by atoms with E-state index < -0.39 is 34.8 Å². The van der Waals surface area contributed by atoms with Crippen LogP contribution in [0.15, 0.2) is 0 Å². The summed E-state index contributed by atoms with van der Waals surface area (Å²) in [5.41, 5.74) is -0.944. The molecule has 27 heavy (non-hydrogen) atoms. The molecule has 0 unspecified atom stereocenters. The minimum Gasteiger partial charge on any atom is -0.363 e. The van der Waals surface area contributed by atoms with Crippen molar-refractivity contribution in [2.75, 3.05) is 31.1 Å². The number of rotatable bonds is 5. The van der Waals surface area contributed by atoms with Crippen LogP contribution in [-0.2, 0) is 4.79 Å². The Morgan fingerprint density at radius 1 is 0.926 bits per heavy atom. The van der Waals surface area contributed by atoms with Crippen LogP contribution >= 0.6 is 12.2 Å². The predicted molar refractivity (Wildman–Crippen MR) is 94.9 cm³/mol. The molecule has 1 aliphatic heterocycles. The third-order valence-electron chi connectivity index (χ3n) is 4.32. The van der Waals surface area contributed by atoms with Gasteiger partial charge in [0.2, 0.25) is 11.7 Å². The number of hydrogen-bond donors (Lipinski definition) is 1. The molecule has 10 heteroatoms. The van der Waals surface area contributed by atoms with E-state index in [-0.39, 0.29) is 37.2 Å². The lowest BCUT2D eigenvalue weighted by molar-refractivity contribution is -0.119. The maximum atomic E-state index is 13.9. The van der Waals surface area contributed by atoms with Gasteiger partial charge in [-0.25, -0.2) is 22.0 Å². The van der Waals surface area contributed by atoms with Crippen molar-refractivity contribution in [2.45, 2.75) is 32.6 Å². The minimum atomic E-state index is -2.18. The van der Waals surface area contributed by atoms with Gasteiger partial charge in [0.25, 0.3) is 0 Å². The SMILES string of the molecule is CCCCCC(=O)NC(=S)N1CCN(c2c(F)c(F)c(F)c(F)c2F)CC1. The molecule has 1 aliphatic rings. The molecule has 1 aromatic carbocycles. The average molecular weight is 409 g/mol. The zero-order valence-corrected chi connectivity index (χ0v) is 15.6. The second-order valence-corrected chi connectivity index (χ2v) is 6.59. The smallest absolute Gasteiger partial charge is 0.226 e. The van der Waals surface area contributed by atoms with E-state index in [9.17, 15) is 26.7 Å². The third kappa shape index (κ3) is 4.85. The number of carbonyl (C=O) groups excluding carboxylic acids is 1. The van der Waals surface area contributed by atoms with Gasteiger partial charge in [-0.1, -0.05) is 19.8 Å². The first-order valence-corrected chi connectivity index (χ1v) is 9.03. The lowest BCUT2D eigenvalue weighted by atomic mass is 10.2. The molecule has 1 fully saturated rings. The van der Waals surface area contributed by atoms with Crippen molar-refractivity contribution in [1.29, 1.82) is 0 Å². The van der Waals surface area contributed by atoms with Gasteiger partial charge in [-0.05, 0) is 18.6 Å². The molecule has 4 nitrogen and oxygen atoms in total. The van der Waals surface area contributed by atoms with Gasteiger partial charge in [0.05, 0.1) is 0 Å². The molecular weight excluding hydrogens is 389 g/mol. The van der Waals surface area contributed by atoms with E-state index in [2.05, 4.69) is 5.32 Å². The van der Waals surface area contributed by atoms with Gasteiger partial charge in [-0.15, -0.1) is 0 Å². The summed E-state index contributed by atoms with van der Waals surface area (Å²) >= 11 is 5.15. The maximum absolute atomic E-state index is 13.9. The first kappa shape index (κ1) is 21.3. The number of piperazine rings is 1. The van der Waals surface area contributed by atoms with Crippen molar-refractivity contribution in [3.63, 3.8) is 0 Å². The quantitative estimate of drug-likeness (QED) is 0.266. The van der Waals surface area contributed by atoms with Crippen LogP contribution in [0.5, 0.6) is 0 Å². The summed E-state index contributed by atoms with van der Waals surface area (Å²) in [5.74, 6) is -10.0. The zero-order chi connectivity index (χ0) is 20.1. The minimum absolute atomic E-state index is 0.00972. The fourth-order valence-corrected chi connectivity index (χ4v) is 3.10. The molecule has 0 aliphatic carbocycles. The first-order chi connectivity index (χ1) is 12.8. The summed E-state index contributed by atoms with van der Waals surface area (Å²) < 4.78 is 67.7. The molecule has 0 spiro atoms. The molecule has 1 aromatic rings. The Labute approximate surface area is 159 Å². The summed E-state index contributed by atoms with van der Waals surface area (Å²) in [5, 5.41) is 2.78. The van der Waals surface area contributed by atoms with Crippen LogP contribution in [0.3, 0.4) is 0 Å². The van der Waals surface area contributed by atoms with Gasteiger partial charge < -0.3 is 15.1 Å². The van der Waals surface area contributed by atoms with Crippen LogP contribution in [0, 0.1) is 29.1 Å². The van der Waals surface area contributed by atoms with E-state index in [1.807, 2.05) is 6.92 Å². The number of amides is 1. The largest absolute Gasteiger partial charge is 0.363 e. The number of anilines is 1. The second-order valence-electron chi connectivity index (χ2n) is 6.20. The lowest BCUT2D eigenvalue weighted by Crippen LogP contribution is -2.53. The van der Waals surface area contributed by atoms with Gasteiger partial charge in [-0.2, -0.15) is 0 Å². The Morgan fingerprint density at radius 3 is 1.96 bits per heavy atom. The summed E-state index contributed by atoms with van der Waals surface area (Å²) in [6.07, 6.45) is 3.01. The number of thiocarbonyl (C=S) groups is 1. The molecule has 150 valence electrons. The highest BCUT2D eigenvalue weighted by Crippen LogP contribution is 2.30. The summed E-state index contributed by atoms with van der Waals surface area (Å²) in [7, 11) is 0. The molecule has 0 bridgehead atoms. The van der Waals surface area contributed by atoms with E-state index >= 15 is 0 Å². The van der Waals surface area contributed by atoms with Crippen LogP contribution in [0.1, 0.15) is 32.6 Å². The number of carbonyl (C=O) groups is 1. The van der Waals surface area contributed by atoms with Crippen molar-refractivity contribution >= 4 is 28.9 Å². The van der Waals surface area contributed by atoms with E-state index in [4.69, 9.17) is 12.2 Å². The fraction of sp³-hybridized carbons (Fsp3) is 0.529. The number of nitrogens with one attached hydrogen (secondary N) is 1. The van der Waals surface area contributed by atoms with Gasteiger partial charge in [0.15, 0.2) is 28.4 Å². The second kappa shape index (κ2) is 9.29. The van der Waals surface area contributed by atoms with Crippen LogP contribution in [-0.4, -0.2) is 42.1 Å². The highest BCUT2D eigenvalue weighted by atomic mass is 32.1. The van der Waals surface area contributed by atoms with E-state index in [0.29, 0.717) is 6.42 Å². The van der Waals surface area contributed by atoms with Gasteiger partial charge in [-0.3, -0.25) is 4.79 Å². The third-order valence-corrected chi connectivity index (χ3v) is 4.68. The Balaban J connectivity index is 1.98. The molecular formula is C17H20F5N3OS. The Morgan fingerprint density at radius 2 is 1.44 bits per heavy atom. The molecule has 0 atom stereocenters. The monoisotopic (exact) mass is 409 g/mol. The molecule has 0 radical (unpaired) electrons. The highest BCUT2D eigenvalue weighted by Gasteiger charge is 2.31. The first-order valence-electron chi connectivity index (χ1n) is 8.63. The van der Waals surface area contributed by atoms with Gasteiger partial charge in [0, 0.05) is 32.6 Å². The number of nitrogens with zero attached hydrogens (tertiary/aromatic N) is 2. The van der Waals surface area contributed by atoms with Crippen molar-refractivity contribution in [2.24, 2.45) is 0 Å². The van der Waals surface area contributed by atoms with Gasteiger partial charge >= 0.3 is 0 Å². The summed E-state index contributed by atoms with van der Waals surface area (Å²) in [4.78, 5) is 14.5. The number of halogens is 5. The van der Waals surface area contributed by atoms with Crippen LogP contribution < -0.4 is 10.2 Å². The van der Waals surface area contributed by atoms with Crippen molar-refractivity contribution in [1.82, 2.24) is 10.2 Å². The van der Waals surface area contributed by atoms with Gasteiger partial charge in [0.1, 0.15) is 5.69 Å². The number of hydrogen-bond acceptors (Lipinski definition) is 3. The number of benzene rings is 1. The zero-order valence-electron chi connectivity index (χ0n) is 14.8. The Bertz CT molecular complexity index is 694. The molecule has 2 rings (SSSR count). The topological polar surface area (TPSA) is 35.6 Å². The van der Waals surface area contributed by atoms with Crippen molar-refractivity contribution in [3.05, 3.63) is 29.1 Å². The van der Waals surface area contributed by atoms with Crippen LogP contribution in [0.4, 0.5) is 27.6 Å². The van der Waals surface area contributed by atoms with Crippen molar-refractivity contribution in [3.8, 4) is 0 Å². The number of unbranched alkanes of at least 4 members (excludes halogenated alkanes) is 2. The Kier molecular flexibility index (Phi) is 7.34. The lowest BCUT2D eigenvalue weighted by Gasteiger charge is -2.37. The van der Waals surface area contributed by atoms with E-state index in [1.54, 1.807) is 4.90 Å².